The van der Waals surface area contributed by atoms with Crippen molar-refractivity contribution in [3.8, 4) is 0 Å². The van der Waals surface area contributed by atoms with Crippen LogP contribution in [0.5, 0.6) is 0 Å². The zero-order valence-electron chi connectivity index (χ0n) is 7.93. The first-order chi connectivity index (χ1) is 5.82. The predicted molar refractivity (Wildman–Crippen MR) is 54.6 cm³/mol. The molecule has 4 N–H and O–H groups in total. The third kappa shape index (κ3) is 2.01. The molecule has 0 aliphatic heterocycles. The Labute approximate surface area is 82.3 Å². The first-order valence-corrected chi connectivity index (χ1v) is 4.29. The van der Waals surface area contributed by atoms with E-state index in [1.54, 1.807) is 0 Å². The molecule has 0 radical (unpaired) electrons. The van der Waals surface area contributed by atoms with Gasteiger partial charge in [-0.1, -0.05) is 32.4 Å². The molecule has 0 spiro atoms. The molecule has 0 saturated heterocycles. The minimum absolute atomic E-state index is 0.107. The van der Waals surface area contributed by atoms with E-state index in [-0.39, 0.29) is 11.4 Å². The minimum atomic E-state index is -0.172. The molecule has 13 heavy (non-hydrogen) atoms. The van der Waals surface area contributed by atoms with Crippen molar-refractivity contribution in [1.82, 2.24) is 9.97 Å². The Morgan fingerprint density at radius 1 is 1.15 bits per heavy atom. The number of nitrogens with zero attached hydrogens (tertiary/aromatic N) is 2. The Hall–Kier alpha value is -1.03. The van der Waals surface area contributed by atoms with Gasteiger partial charge < -0.3 is 11.5 Å². The van der Waals surface area contributed by atoms with Crippen LogP contribution in [0.2, 0.25) is 5.15 Å². The van der Waals surface area contributed by atoms with E-state index in [0.29, 0.717) is 11.0 Å². The van der Waals surface area contributed by atoms with E-state index in [9.17, 15) is 0 Å². The van der Waals surface area contributed by atoms with E-state index >= 15 is 0 Å². The van der Waals surface area contributed by atoms with E-state index in [4.69, 9.17) is 23.1 Å². The maximum atomic E-state index is 5.91. The van der Waals surface area contributed by atoms with Crippen molar-refractivity contribution in [2.75, 3.05) is 11.5 Å². The molecule has 0 saturated carbocycles. The van der Waals surface area contributed by atoms with Crippen LogP contribution in [0.4, 0.5) is 11.8 Å². The molecule has 0 fully saturated rings. The van der Waals surface area contributed by atoms with Crippen LogP contribution in [0.15, 0.2) is 0 Å². The molecule has 72 valence electrons. The molecule has 0 amide bonds. The van der Waals surface area contributed by atoms with Crippen LogP contribution in [0.25, 0.3) is 0 Å². The number of aromatic nitrogens is 2. The molecule has 0 aliphatic carbocycles. The number of nitrogen functional groups attached to an aromatic ring is 2. The number of anilines is 2. The standard InChI is InChI=1S/C8H13ClN4/c1-8(2,3)4-5(9)12-7(11)13-6(4)10/h1-3H3,(H4,10,11,12,13). The van der Waals surface area contributed by atoms with Crippen molar-refractivity contribution in [3.63, 3.8) is 0 Å². The van der Waals surface area contributed by atoms with Gasteiger partial charge in [0.05, 0.1) is 0 Å². The molecule has 0 aromatic carbocycles. The molecule has 0 aliphatic rings. The quantitative estimate of drug-likeness (QED) is 0.624. The summed E-state index contributed by atoms with van der Waals surface area (Å²) in [6, 6.07) is 0. The SMILES string of the molecule is CC(C)(C)c1c(N)nc(N)nc1Cl. The lowest BCUT2D eigenvalue weighted by molar-refractivity contribution is 0.588. The Balaban J connectivity index is 3.38. The normalized spacial score (nSPS) is 11.7. The van der Waals surface area contributed by atoms with Gasteiger partial charge in [-0.2, -0.15) is 4.98 Å². The summed E-state index contributed by atoms with van der Waals surface area (Å²) in [6.45, 7) is 5.97. The fourth-order valence-electron chi connectivity index (χ4n) is 1.16. The zero-order valence-corrected chi connectivity index (χ0v) is 8.68. The van der Waals surface area contributed by atoms with E-state index in [1.165, 1.54) is 0 Å². The van der Waals surface area contributed by atoms with Crippen LogP contribution in [-0.4, -0.2) is 9.97 Å². The first-order valence-electron chi connectivity index (χ1n) is 3.91. The van der Waals surface area contributed by atoms with Gasteiger partial charge in [0.25, 0.3) is 0 Å². The number of nitrogens with two attached hydrogens (primary N) is 2. The molecule has 0 atom stereocenters. The van der Waals surface area contributed by atoms with Crippen molar-refractivity contribution in [2.24, 2.45) is 0 Å². The molecular formula is C8H13ClN4. The topological polar surface area (TPSA) is 77.8 Å². The Bertz CT molecular complexity index is 306. The number of rotatable bonds is 0. The van der Waals surface area contributed by atoms with Crippen LogP contribution < -0.4 is 11.5 Å². The van der Waals surface area contributed by atoms with Crippen LogP contribution in [0, 0.1) is 0 Å². The molecule has 5 heteroatoms. The van der Waals surface area contributed by atoms with Crippen molar-refractivity contribution in [2.45, 2.75) is 26.2 Å². The number of hydrogen-bond acceptors (Lipinski definition) is 4. The highest BCUT2D eigenvalue weighted by atomic mass is 35.5. The first kappa shape index (κ1) is 10.1. The van der Waals surface area contributed by atoms with E-state index < -0.39 is 0 Å². The third-order valence-electron chi connectivity index (χ3n) is 1.66. The lowest BCUT2D eigenvalue weighted by Crippen LogP contribution is -2.17. The monoisotopic (exact) mass is 200 g/mol. The van der Waals surface area contributed by atoms with Crippen LogP contribution >= 0.6 is 11.6 Å². The second kappa shape index (κ2) is 3.03. The smallest absolute Gasteiger partial charge is 0.223 e. The molecule has 0 unspecified atom stereocenters. The molecule has 0 bridgehead atoms. The Morgan fingerprint density at radius 2 is 1.69 bits per heavy atom. The van der Waals surface area contributed by atoms with E-state index in [1.807, 2.05) is 20.8 Å². The molecule has 4 nitrogen and oxygen atoms in total. The lowest BCUT2D eigenvalue weighted by atomic mass is 9.88. The highest BCUT2D eigenvalue weighted by molar-refractivity contribution is 6.30. The minimum Gasteiger partial charge on any atom is -0.383 e. The van der Waals surface area contributed by atoms with E-state index in [2.05, 4.69) is 9.97 Å². The number of hydrogen-bond donors (Lipinski definition) is 2. The van der Waals surface area contributed by atoms with Gasteiger partial charge >= 0.3 is 0 Å². The summed E-state index contributed by atoms with van der Waals surface area (Å²) in [5.41, 5.74) is 11.6. The van der Waals surface area contributed by atoms with Gasteiger partial charge in [-0.05, 0) is 5.41 Å². The Kier molecular flexibility index (Phi) is 2.34. The predicted octanol–water partition coefficient (Wildman–Crippen LogP) is 1.59. The third-order valence-corrected chi connectivity index (χ3v) is 1.93. The second-order valence-electron chi connectivity index (χ2n) is 3.88. The molecular weight excluding hydrogens is 188 g/mol. The zero-order chi connectivity index (χ0) is 10.2. The fourth-order valence-corrected chi connectivity index (χ4v) is 1.63. The summed E-state index contributed by atoms with van der Waals surface area (Å²) < 4.78 is 0. The van der Waals surface area contributed by atoms with Crippen molar-refractivity contribution < 1.29 is 0 Å². The van der Waals surface area contributed by atoms with Crippen LogP contribution in [0.3, 0.4) is 0 Å². The van der Waals surface area contributed by atoms with Gasteiger partial charge in [-0.3, -0.25) is 0 Å². The van der Waals surface area contributed by atoms with Gasteiger partial charge in [0, 0.05) is 5.56 Å². The summed E-state index contributed by atoms with van der Waals surface area (Å²) >= 11 is 5.91. The van der Waals surface area contributed by atoms with E-state index in [0.717, 1.165) is 5.56 Å². The van der Waals surface area contributed by atoms with Gasteiger partial charge in [0.15, 0.2) is 0 Å². The summed E-state index contributed by atoms with van der Waals surface area (Å²) in [7, 11) is 0. The van der Waals surface area contributed by atoms with Crippen LogP contribution in [-0.2, 0) is 5.41 Å². The van der Waals surface area contributed by atoms with Crippen molar-refractivity contribution >= 4 is 23.4 Å². The maximum Gasteiger partial charge on any atom is 0.223 e. The fraction of sp³-hybridized carbons (Fsp3) is 0.500. The molecule has 1 aromatic heterocycles. The average Bonchev–Trinajstić information content (AvgIpc) is 1.78. The largest absolute Gasteiger partial charge is 0.383 e. The maximum absolute atomic E-state index is 5.91. The van der Waals surface area contributed by atoms with Crippen LogP contribution in [0.1, 0.15) is 26.3 Å². The van der Waals surface area contributed by atoms with Gasteiger partial charge in [0.1, 0.15) is 11.0 Å². The average molecular weight is 201 g/mol. The van der Waals surface area contributed by atoms with Gasteiger partial charge in [0.2, 0.25) is 5.95 Å². The molecule has 1 aromatic rings. The van der Waals surface area contributed by atoms with Gasteiger partial charge in [-0.15, -0.1) is 0 Å². The summed E-state index contributed by atoms with van der Waals surface area (Å²) in [6.07, 6.45) is 0. The highest BCUT2D eigenvalue weighted by Gasteiger charge is 2.22. The second-order valence-corrected chi connectivity index (χ2v) is 4.24. The molecule has 1 rings (SSSR count). The highest BCUT2D eigenvalue weighted by Crippen LogP contribution is 2.32. The van der Waals surface area contributed by atoms with Gasteiger partial charge in [-0.25, -0.2) is 4.98 Å². The summed E-state index contributed by atoms with van der Waals surface area (Å²) in [5, 5.41) is 0.331. The summed E-state index contributed by atoms with van der Waals surface area (Å²) in [4.78, 5) is 7.71. The Morgan fingerprint density at radius 3 is 2.08 bits per heavy atom. The summed E-state index contributed by atoms with van der Waals surface area (Å²) in [5.74, 6) is 0.459. The molecule has 1 heterocycles. The van der Waals surface area contributed by atoms with Crippen molar-refractivity contribution in [3.05, 3.63) is 10.7 Å². The van der Waals surface area contributed by atoms with Crippen molar-refractivity contribution in [1.29, 1.82) is 0 Å². The lowest BCUT2D eigenvalue weighted by Gasteiger charge is -2.21. The number of halogens is 1.